The molecule has 1 N–H and O–H groups in total. The van der Waals surface area contributed by atoms with E-state index < -0.39 is 0 Å². The van der Waals surface area contributed by atoms with Gasteiger partial charge in [-0.3, -0.25) is 19.7 Å². The molecule has 0 saturated carbocycles. The summed E-state index contributed by atoms with van der Waals surface area (Å²) in [7, 11) is 0. The third-order valence-electron chi connectivity index (χ3n) is 4.44. The highest BCUT2D eigenvalue weighted by Gasteiger charge is 2.07. The summed E-state index contributed by atoms with van der Waals surface area (Å²) in [5.74, 6) is 0.392. The Morgan fingerprint density at radius 1 is 0.828 bits per heavy atom. The molecule has 0 bridgehead atoms. The molecule has 1 aromatic carbocycles. The number of aryl methyl sites for hydroxylation is 1. The summed E-state index contributed by atoms with van der Waals surface area (Å²) in [4.78, 5) is 29.1. The van der Waals surface area contributed by atoms with Crippen molar-refractivity contribution >= 4 is 11.7 Å². The Labute approximate surface area is 168 Å². The molecule has 1 amide bonds. The van der Waals surface area contributed by atoms with Gasteiger partial charge >= 0.3 is 0 Å². The van der Waals surface area contributed by atoms with Crippen LogP contribution in [-0.4, -0.2) is 25.8 Å². The highest BCUT2D eigenvalue weighted by Crippen LogP contribution is 2.20. The second-order valence-electron chi connectivity index (χ2n) is 6.63. The molecule has 0 aliphatic heterocycles. The topological polar surface area (TPSA) is 80.7 Å². The van der Waals surface area contributed by atoms with Gasteiger partial charge in [-0.1, -0.05) is 24.3 Å². The minimum Gasteiger partial charge on any atom is -0.310 e. The van der Waals surface area contributed by atoms with Crippen LogP contribution in [0.5, 0.6) is 0 Å². The minimum atomic E-state index is -0.114. The van der Waals surface area contributed by atoms with Gasteiger partial charge in [0.15, 0.2) is 0 Å². The van der Waals surface area contributed by atoms with Gasteiger partial charge in [-0.2, -0.15) is 0 Å². The molecule has 0 spiro atoms. The van der Waals surface area contributed by atoms with Crippen molar-refractivity contribution in [2.24, 2.45) is 0 Å². The summed E-state index contributed by atoms with van der Waals surface area (Å²) >= 11 is 0. The van der Waals surface area contributed by atoms with Gasteiger partial charge in [-0.15, -0.1) is 0 Å². The molecule has 3 aromatic heterocycles. The fraction of sp³-hybridized carbons (Fsp3) is 0.0870. The van der Waals surface area contributed by atoms with Crippen molar-refractivity contribution in [1.29, 1.82) is 0 Å². The third-order valence-corrected chi connectivity index (χ3v) is 4.44. The van der Waals surface area contributed by atoms with Gasteiger partial charge in [-0.25, -0.2) is 4.98 Å². The van der Waals surface area contributed by atoms with Crippen molar-refractivity contribution in [2.45, 2.75) is 13.3 Å². The van der Waals surface area contributed by atoms with Gasteiger partial charge < -0.3 is 5.32 Å². The Balaban J connectivity index is 1.38. The van der Waals surface area contributed by atoms with Crippen LogP contribution in [0.3, 0.4) is 0 Å². The number of rotatable bonds is 5. The van der Waals surface area contributed by atoms with E-state index in [2.05, 4.69) is 25.3 Å². The van der Waals surface area contributed by atoms with Crippen LogP contribution in [-0.2, 0) is 11.2 Å². The normalized spacial score (nSPS) is 10.5. The predicted molar refractivity (Wildman–Crippen MR) is 112 cm³/mol. The largest absolute Gasteiger partial charge is 0.310 e. The molecular weight excluding hydrogens is 362 g/mol. The lowest BCUT2D eigenvalue weighted by molar-refractivity contribution is -0.115. The van der Waals surface area contributed by atoms with Crippen molar-refractivity contribution in [2.75, 3.05) is 5.32 Å². The van der Waals surface area contributed by atoms with Gasteiger partial charge in [-0.05, 0) is 47.9 Å². The molecular formula is C23H19N5O. The van der Waals surface area contributed by atoms with Crippen LogP contribution >= 0.6 is 0 Å². The number of amides is 1. The molecule has 142 valence electrons. The molecule has 0 radical (unpaired) electrons. The van der Waals surface area contributed by atoms with Gasteiger partial charge in [0.25, 0.3) is 0 Å². The maximum Gasteiger partial charge on any atom is 0.229 e. The maximum atomic E-state index is 12.4. The molecule has 0 unspecified atom stereocenters. The quantitative estimate of drug-likeness (QED) is 0.563. The molecule has 3 heterocycles. The van der Waals surface area contributed by atoms with Crippen LogP contribution in [0.15, 0.2) is 79.5 Å². The molecule has 4 aromatic rings. The Morgan fingerprint density at radius 3 is 2.34 bits per heavy atom. The number of benzene rings is 1. The second-order valence-corrected chi connectivity index (χ2v) is 6.63. The smallest absolute Gasteiger partial charge is 0.229 e. The van der Waals surface area contributed by atoms with E-state index in [1.165, 1.54) is 0 Å². The number of carbonyl (C=O) groups is 1. The summed E-state index contributed by atoms with van der Waals surface area (Å²) in [6.45, 7) is 1.97. The SMILES string of the molecule is Cc1cc(-c2ccc(CC(=O)Nc3ccc(-c4cnccn4)cn3)cc2)ccn1. The van der Waals surface area contributed by atoms with Gasteiger partial charge in [0.2, 0.25) is 5.91 Å². The highest BCUT2D eigenvalue weighted by molar-refractivity contribution is 5.91. The molecule has 0 atom stereocenters. The molecule has 0 saturated heterocycles. The van der Waals surface area contributed by atoms with E-state index in [1.807, 2.05) is 49.4 Å². The number of anilines is 1. The number of pyridine rings is 2. The Hall–Kier alpha value is -3.93. The Bertz CT molecular complexity index is 1110. The van der Waals surface area contributed by atoms with Crippen LogP contribution in [0, 0.1) is 6.92 Å². The summed E-state index contributed by atoms with van der Waals surface area (Å²) in [6, 6.07) is 15.6. The van der Waals surface area contributed by atoms with Crippen molar-refractivity contribution in [3.8, 4) is 22.4 Å². The Kier molecular flexibility index (Phi) is 5.33. The average Bonchev–Trinajstić information content (AvgIpc) is 2.75. The van der Waals surface area contributed by atoms with Gasteiger partial charge in [0.1, 0.15) is 5.82 Å². The van der Waals surface area contributed by atoms with E-state index in [0.29, 0.717) is 5.82 Å². The summed E-state index contributed by atoms with van der Waals surface area (Å²) < 4.78 is 0. The Morgan fingerprint density at radius 2 is 1.66 bits per heavy atom. The molecule has 4 rings (SSSR count). The monoisotopic (exact) mass is 381 g/mol. The van der Waals surface area contributed by atoms with E-state index in [0.717, 1.165) is 33.6 Å². The first-order valence-corrected chi connectivity index (χ1v) is 9.22. The lowest BCUT2D eigenvalue weighted by Gasteiger charge is -2.07. The standard InChI is InChI=1S/C23H19N5O/c1-16-12-19(8-9-25-16)18-4-2-17(3-5-18)13-23(29)28-22-7-6-20(14-27-22)21-15-24-10-11-26-21/h2-12,14-15H,13H2,1H3,(H,27,28,29). The summed E-state index contributed by atoms with van der Waals surface area (Å²) in [6.07, 6.45) is 8.68. The first kappa shape index (κ1) is 18.4. The van der Waals surface area contributed by atoms with Crippen molar-refractivity contribution in [3.05, 3.63) is 90.8 Å². The second kappa shape index (κ2) is 8.39. The fourth-order valence-corrected chi connectivity index (χ4v) is 2.98. The van der Waals surface area contributed by atoms with Crippen molar-refractivity contribution < 1.29 is 4.79 Å². The first-order valence-electron chi connectivity index (χ1n) is 9.22. The number of aromatic nitrogens is 4. The van der Waals surface area contributed by atoms with E-state index >= 15 is 0 Å². The number of nitrogens with one attached hydrogen (secondary N) is 1. The van der Waals surface area contributed by atoms with E-state index in [9.17, 15) is 4.79 Å². The molecule has 0 aliphatic carbocycles. The van der Waals surface area contributed by atoms with E-state index in [1.54, 1.807) is 37.1 Å². The van der Waals surface area contributed by atoms with E-state index in [-0.39, 0.29) is 12.3 Å². The fourth-order valence-electron chi connectivity index (χ4n) is 2.98. The highest BCUT2D eigenvalue weighted by atomic mass is 16.1. The maximum absolute atomic E-state index is 12.4. The number of nitrogens with zero attached hydrogens (tertiary/aromatic N) is 4. The van der Waals surface area contributed by atoms with Crippen LogP contribution in [0.4, 0.5) is 5.82 Å². The first-order chi connectivity index (χ1) is 14.2. The van der Waals surface area contributed by atoms with Crippen molar-refractivity contribution in [3.63, 3.8) is 0 Å². The molecule has 6 nitrogen and oxygen atoms in total. The zero-order valence-corrected chi connectivity index (χ0v) is 15.9. The van der Waals surface area contributed by atoms with Crippen LogP contribution in [0.2, 0.25) is 0 Å². The summed E-state index contributed by atoms with van der Waals surface area (Å²) in [5, 5.41) is 2.83. The van der Waals surface area contributed by atoms with Crippen LogP contribution < -0.4 is 5.32 Å². The van der Waals surface area contributed by atoms with Crippen LogP contribution in [0.25, 0.3) is 22.4 Å². The number of hydrogen-bond donors (Lipinski definition) is 1. The number of carbonyl (C=O) groups excluding carboxylic acids is 1. The summed E-state index contributed by atoms with van der Waals surface area (Å²) in [5.41, 5.74) is 5.71. The van der Waals surface area contributed by atoms with Crippen molar-refractivity contribution in [1.82, 2.24) is 19.9 Å². The predicted octanol–water partition coefficient (Wildman–Crippen LogP) is 4.09. The van der Waals surface area contributed by atoms with Gasteiger partial charge in [0.05, 0.1) is 18.3 Å². The zero-order valence-electron chi connectivity index (χ0n) is 15.9. The molecule has 29 heavy (non-hydrogen) atoms. The average molecular weight is 381 g/mol. The number of hydrogen-bond acceptors (Lipinski definition) is 5. The molecule has 0 fully saturated rings. The van der Waals surface area contributed by atoms with E-state index in [4.69, 9.17) is 0 Å². The lowest BCUT2D eigenvalue weighted by Crippen LogP contribution is -2.15. The van der Waals surface area contributed by atoms with Crippen LogP contribution in [0.1, 0.15) is 11.3 Å². The van der Waals surface area contributed by atoms with Gasteiger partial charge in [0, 0.05) is 36.0 Å². The molecule has 6 heteroatoms. The lowest BCUT2D eigenvalue weighted by atomic mass is 10.0. The zero-order chi connectivity index (χ0) is 20.1. The minimum absolute atomic E-state index is 0.114. The molecule has 0 aliphatic rings. The third kappa shape index (κ3) is 4.68.